The van der Waals surface area contributed by atoms with Gasteiger partial charge in [0.05, 0.1) is 33.4 Å². The molecule has 0 saturated heterocycles. The lowest BCUT2D eigenvalue weighted by Crippen LogP contribution is -2.19. The van der Waals surface area contributed by atoms with Gasteiger partial charge in [0.15, 0.2) is 0 Å². The van der Waals surface area contributed by atoms with Gasteiger partial charge in [-0.2, -0.15) is 0 Å². The molecule has 0 atom stereocenters. The molecule has 11 rings (SSSR count). The minimum Gasteiger partial charge on any atom is -0.507 e. The third-order valence-corrected chi connectivity index (χ3v) is 12.4. The lowest BCUT2D eigenvalue weighted by atomic mass is 9.86. The molecule has 0 radical (unpaired) electrons. The second kappa shape index (κ2) is 14.7. The summed E-state index contributed by atoms with van der Waals surface area (Å²) in [4.78, 5) is 10.8. The van der Waals surface area contributed by atoms with Gasteiger partial charge in [-0.1, -0.05) is 151 Å². The molecule has 0 fully saturated rings. The lowest BCUT2D eigenvalue weighted by Gasteiger charge is -2.25. The van der Waals surface area contributed by atoms with Crippen LogP contribution >= 0.6 is 0 Å². The molecule has 4 heterocycles. The minimum absolute atomic E-state index is 0.0293. The largest absolute Gasteiger partial charge is 0.507 e. The molecule has 0 amide bonds. The van der Waals surface area contributed by atoms with Crippen molar-refractivity contribution in [2.45, 2.75) is 52.4 Å². The number of hydrogen-bond acceptors (Lipinski definition) is 5. The number of aromatic hydroxyl groups is 1. The first-order chi connectivity index (χ1) is 30.9. The fraction of sp³-hybridized carbons (Fsp3) is 0.138. The molecule has 7 aromatic carbocycles. The highest BCUT2D eigenvalue weighted by Crippen LogP contribution is 2.46. The highest BCUT2D eigenvalue weighted by atomic mass is 16.4. The Morgan fingerprint density at radius 1 is 0.453 bits per heavy atom. The van der Waals surface area contributed by atoms with Crippen molar-refractivity contribution in [3.05, 3.63) is 181 Å². The predicted molar refractivity (Wildman–Crippen MR) is 261 cm³/mol. The Bertz CT molecular complexity index is 3450. The third-order valence-electron chi connectivity index (χ3n) is 12.4. The molecule has 11 aromatic rings. The summed E-state index contributed by atoms with van der Waals surface area (Å²) in [6.07, 6.45) is 0. The molecule has 0 saturated carbocycles. The van der Waals surface area contributed by atoms with E-state index in [0.717, 1.165) is 94.8 Å². The number of aromatic nitrogens is 3. The van der Waals surface area contributed by atoms with Crippen molar-refractivity contribution in [3.8, 4) is 78.7 Å². The van der Waals surface area contributed by atoms with Gasteiger partial charge in [0.25, 0.3) is 0 Å². The normalized spacial score (nSPS) is 12.3. The van der Waals surface area contributed by atoms with Gasteiger partial charge in [-0.15, -0.1) is 0 Å². The number of nitrogens with zero attached hydrogens (tertiary/aromatic N) is 3. The number of hydrogen-bond donors (Lipinski definition) is 1. The Balaban J connectivity index is 1.19. The van der Waals surface area contributed by atoms with Crippen molar-refractivity contribution >= 4 is 33.2 Å². The molecule has 0 spiro atoms. The third kappa shape index (κ3) is 6.65. The van der Waals surface area contributed by atoms with Gasteiger partial charge < -0.3 is 13.9 Å². The maximum Gasteiger partial charge on any atom is 0.231 e. The first kappa shape index (κ1) is 39.2. The van der Waals surface area contributed by atoms with E-state index in [1.54, 1.807) is 0 Å². The van der Waals surface area contributed by atoms with Crippen LogP contribution in [0.5, 0.6) is 5.75 Å². The van der Waals surface area contributed by atoms with Gasteiger partial charge in [0.2, 0.25) is 5.71 Å². The van der Waals surface area contributed by atoms with Crippen LogP contribution in [0, 0.1) is 0 Å². The van der Waals surface area contributed by atoms with Crippen LogP contribution in [-0.4, -0.2) is 19.6 Å². The number of furan rings is 2. The van der Waals surface area contributed by atoms with E-state index in [-0.39, 0.29) is 11.2 Å². The van der Waals surface area contributed by atoms with Gasteiger partial charge >= 0.3 is 0 Å². The van der Waals surface area contributed by atoms with Crippen LogP contribution in [0.4, 0.5) is 0 Å². The quantitative estimate of drug-likeness (QED) is 0.173. The van der Waals surface area contributed by atoms with Crippen LogP contribution in [0.3, 0.4) is 0 Å². The Kier molecular flexibility index (Phi) is 9.00. The van der Waals surface area contributed by atoms with Crippen molar-refractivity contribution in [1.29, 1.82) is 0 Å². The van der Waals surface area contributed by atoms with Gasteiger partial charge in [-0.3, -0.25) is 4.57 Å². The Morgan fingerprint density at radius 2 is 1.08 bits per heavy atom. The summed E-state index contributed by atoms with van der Waals surface area (Å²) in [5, 5.41) is 13.9. The summed E-state index contributed by atoms with van der Waals surface area (Å²) >= 11 is 0. The Hall–Kier alpha value is -7.70. The molecule has 1 N–H and O–H groups in total. The lowest BCUT2D eigenvalue weighted by molar-refractivity contribution is 0.477. The average Bonchev–Trinajstić information content (AvgIpc) is 4.02. The molecular formula is C58H47N3O3. The first-order valence-corrected chi connectivity index (χ1v) is 21.9. The van der Waals surface area contributed by atoms with Gasteiger partial charge in [0.1, 0.15) is 28.3 Å². The fourth-order valence-corrected chi connectivity index (χ4v) is 9.24. The summed E-state index contributed by atoms with van der Waals surface area (Å²) in [6, 6.07) is 58.4. The van der Waals surface area contributed by atoms with Crippen LogP contribution in [0.2, 0.25) is 0 Å². The number of pyridine rings is 1. The van der Waals surface area contributed by atoms with Gasteiger partial charge in [0, 0.05) is 28.3 Å². The molecule has 0 aliphatic carbocycles. The van der Waals surface area contributed by atoms with Crippen LogP contribution in [0.25, 0.3) is 106 Å². The minimum atomic E-state index is -0.414. The number of phenols is 1. The maximum atomic E-state index is 12.0. The van der Waals surface area contributed by atoms with Crippen molar-refractivity contribution in [3.63, 3.8) is 0 Å². The predicted octanol–water partition coefficient (Wildman–Crippen LogP) is 15.7. The molecule has 312 valence electrons. The van der Waals surface area contributed by atoms with Crippen LogP contribution in [0.15, 0.2) is 179 Å². The molecule has 6 heteroatoms. The first-order valence-electron chi connectivity index (χ1n) is 21.9. The van der Waals surface area contributed by atoms with E-state index in [1.165, 1.54) is 5.56 Å². The van der Waals surface area contributed by atoms with E-state index >= 15 is 0 Å². The topological polar surface area (TPSA) is 77.2 Å². The molecule has 6 nitrogen and oxygen atoms in total. The molecule has 0 aliphatic rings. The van der Waals surface area contributed by atoms with Crippen LogP contribution in [0.1, 0.15) is 52.8 Å². The molecule has 4 aromatic heterocycles. The second-order valence-corrected chi connectivity index (χ2v) is 18.8. The summed E-state index contributed by atoms with van der Waals surface area (Å²) in [6.45, 7) is 13.4. The Morgan fingerprint density at radius 3 is 1.75 bits per heavy atom. The highest BCUT2D eigenvalue weighted by molar-refractivity contribution is 6.19. The summed E-state index contributed by atoms with van der Waals surface area (Å²) in [5.41, 5.74) is 15.8. The van der Waals surface area contributed by atoms with E-state index in [0.29, 0.717) is 17.1 Å². The van der Waals surface area contributed by atoms with Crippen LogP contribution in [-0.2, 0) is 10.8 Å². The van der Waals surface area contributed by atoms with Crippen molar-refractivity contribution in [2.75, 3.05) is 0 Å². The SMILES string of the molecule is CC(C)(C)c1ccc(-n2c(-c3ccc(-c4ccccc4)cc3O)nc(-c3cc(-c4cc5oc6cccc7oc(n4)c5c67)cc(-c4ccccc4-c4ccccc4)c3)c2C(C)(C)C)cc1. The Labute approximate surface area is 372 Å². The zero-order valence-electron chi connectivity index (χ0n) is 36.8. The van der Waals surface area contributed by atoms with E-state index < -0.39 is 5.41 Å². The maximum absolute atomic E-state index is 12.0. The van der Waals surface area contributed by atoms with Crippen LogP contribution < -0.4 is 0 Å². The second-order valence-electron chi connectivity index (χ2n) is 18.8. The van der Waals surface area contributed by atoms with Crippen molar-refractivity contribution in [1.82, 2.24) is 14.5 Å². The molecular weight excluding hydrogens is 787 g/mol. The van der Waals surface area contributed by atoms with Gasteiger partial charge in [-0.25, -0.2) is 9.97 Å². The summed E-state index contributed by atoms with van der Waals surface area (Å²) in [7, 11) is 0. The monoisotopic (exact) mass is 833 g/mol. The van der Waals surface area contributed by atoms with E-state index in [4.69, 9.17) is 18.8 Å². The summed E-state index contributed by atoms with van der Waals surface area (Å²) in [5.74, 6) is 0.803. The molecule has 0 bridgehead atoms. The van der Waals surface area contributed by atoms with E-state index in [2.05, 4.69) is 155 Å². The standard InChI is InChI=1S/C58H47N3O3/c1-57(2,3)41-25-27-42(28-26-41)61-54(58(4,5)6)53(60-55(61)45-29-24-37(33-47(45)62)35-16-9-7-10-17-35)40-31-38(44-21-14-13-20-43(44)36-18-11-8-12-19-36)30-39(32-40)46-34-50-52-51-48(63-50)22-15-23-49(51)64-56(52)59-46/h7-34,62H,1-6H3. The summed E-state index contributed by atoms with van der Waals surface area (Å²) < 4.78 is 15.1. The number of benzene rings is 7. The molecule has 64 heavy (non-hydrogen) atoms. The smallest absolute Gasteiger partial charge is 0.231 e. The molecule has 0 aliphatic heterocycles. The fourth-order valence-electron chi connectivity index (χ4n) is 9.24. The number of rotatable bonds is 7. The van der Waals surface area contributed by atoms with E-state index in [9.17, 15) is 5.11 Å². The van der Waals surface area contributed by atoms with E-state index in [1.807, 2.05) is 60.7 Å². The highest BCUT2D eigenvalue weighted by Gasteiger charge is 2.31. The van der Waals surface area contributed by atoms with Crippen molar-refractivity contribution in [2.24, 2.45) is 0 Å². The zero-order chi connectivity index (χ0) is 43.9. The molecule has 0 unspecified atom stereocenters. The van der Waals surface area contributed by atoms with Crippen molar-refractivity contribution < 1.29 is 13.9 Å². The number of phenolic OH excluding ortho intramolecular Hbond substituents is 1. The van der Waals surface area contributed by atoms with Gasteiger partial charge in [-0.05, 0) is 99.0 Å². The zero-order valence-corrected chi connectivity index (χ0v) is 36.8. The average molecular weight is 834 g/mol. The number of imidazole rings is 1.